The van der Waals surface area contributed by atoms with Gasteiger partial charge in [-0.05, 0) is 12.1 Å². The maximum absolute atomic E-state index is 12.9. The molecule has 7 nitrogen and oxygen atoms in total. The first-order valence-corrected chi connectivity index (χ1v) is 8.78. The van der Waals surface area contributed by atoms with Crippen molar-refractivity contribution in [1.82, 2.24) is 24.3 Å². The molecule has 0 aliphatic heterocycles. The molecule has 0 bridgehead atoms. The van der Waals surface area contributed by atoms with E-state index in [1.54, 1.807) is 17.1 Å². The summed E-state index contributed by atoms with van der Waals surface area (Å²) in [5.74, 6) is 1.10. The van der Waals surface area contributed by atoms with Crippen molar-refractivity contribution < 1.29 is 4.42 Å². The van der Waals surface area contributed by atoms with Crippen LogP contribution >= 0.6 is 0 Å². The first-order chi connectivity index (χ1) is 13.8. The highest BCUT2D eigenvalue weighted by Crippen LogP contribution is 2.20. The van der Waals surface area contributed by atoms with Gasteiger partial charge >= 0.3 is 0 Å². The second kappa shape index (κ2) is 6.62. The van der Waals surface area contributed by atoms with Gasteiger partial charge in [-0.25, -0.2) is 14.6 Å². The van der Waals surface area contributed by atoms with E-state index in [0.717, 1.165) is 11.3 Å². The fourth-order valence-electron chi connectivity index (χ4n) is 3.08. The summed E-state index contributed by atoms with van der Waals surface area (Å²) in [4.78, 5) is 21.6. The lowest BCUT2D eigenvalue weighted by molar-refractivity contribution is 0.484. The Kier molecular flexibility index (Phi) is 3.83. The van der Waals surface area contributed by atoms with Crippen molar-refractivity contribution in [2.24, 2.45) is 0 Å². The standard InChI is InChI=1S/C21H15N5O2/c27-21-17-11-24-26(16-9-5-2-6-10-16)20(17)23-14-25(21)13-19-22-12-18(28-19)15-7-3-1-4-8-15/h1-12,14H,13H2. The minimum Gasteiger partial charge on any atom is -0.439 e. The molecule has 5 aromatic rings. The van der Waals surface area contributed by atoms with E-state index < -0.39 is 0 Å². The van der Waals surface area contributed by atoms with Crippen LogP contribution in [-0.2, 0) is 6.54 Å². The monoisotopic (exact) mass is 369 g/mol. The minimum atomic E-state index is -0.188. The quantitative estimate of drug-likeness (QED) is 0.486. The number of aromatic nitrogens is 5. The largest absolute Gasteiger partial charge is 0.439 e. The van der Waals surface area contributed by atoms with E-state index in [1.165, 1.54) is 10.9 Å². The van der Waals surface area contributed by atoms with Crippen molar-refractivity contribution >= 4 is 11.0 Å². The third kappa shape index (κ3) is 2.79. The van der Waals surface area contributed by atoms with E-state index in [-0.39, 0.29) is 12.1 Å². The predicted octanol–water partition coefficient (Wildman–Crippen LogP) is 3.29. The molecule has 7 heteroatoms. The fraction of sp³-hybridized carbons (Fsp3) is 0.0476. The molecule has 136 valence electrons. The molecule has 0 radical (unpaired) electrons. The van der Waals surface area contributed by atoms with Crippen molar-refractivity contribution in [3.8, 4) is 17.0 Å². The summed E-state index contributed by atoms with van der Waals surface area (Å²) in [5, 5.41) is 4.77. The van der Waals surface area contributed by atoms with Crippen molar-refractivity contribution in [2.75, 3.05) is 0 Å². The molecule has 0 saturated heterocycles. The Labute approximate surface area is 159 Å². The molecular weight excluding hydrogens is 354 g/mol. The van der Waals surface area contributed by atoms with Gasteiger partial charge in [-0.1, -0.05) is 48.5 Å². The fourth-order valence-corrected chi connectivity index (χ4v) is 3.08. The predicted molar refractivity (Wildman–Crippen MR) is 104 cm³/mol. The molecule has 0 amide bonds. The molecule has 0 unspecified atom stereocenters. The van der Waals surface area contributed by atoms with Crippen LogP contribution in [0.25, 0.3) is 28.0 Å². The molecule has 2 aromatic carbocycles. The normalized spacial score (nSPS) is 11.1. The van der Waals surface area contributed by atoms with Gasteiger partial charge in [-0.3, -0.25) is 9.36 Å². The average Bonchev–Trinajstić information content (AvgIpc) is 3.39. The number of para-hydroxylation sites is 1. The maximum Gasteiger partial charge on any atom is 0.264 e. The molecule has 28 heavy (non-hydrogen) atoms. The zero-order chi connectivity index (χ0) is 18.9. The number of hydrogen-bond acceptors (Lipinski definition) is 5. The van der Waals surface area contributed by atoms with Crippen LogP contribution in [0.3, 0.4) is 0 Å². The van der Waals surface area contributed by atoms with E-state index in [4.69, 9.17) is 4.42 Å². The van der Waals surface area contributed by atoms with Crippen molar-refractivity contribution in [3.05, 3.63) is 95.6 Å². The van der Waals surface area contributed by atoms with Gasteiger partial charge in [-0.15, -0.1) is 0 Å². The van der Waals surface area contributed by atoms with Crippen molar-refractivity contribution in [1.29, 1.82) is 0 Å². The lowest BCUT2D eigenvalue weighted by Crippen LogP contribution is -2.21. The zero-order valence-corrected chi connectivity index (χ0v) is 14.8. The molecule has 0 fully saturated rings. The van der Waals surface area contributed by atoms with Crippen LogP contribution in [0.1, 0.15) is 5.89 Å². The zero-order valence-electron chi connectivity index (χ0n) is 14.8. The molecule has 5 rings (SSSR count). The van der Waals surface area contributed by atoms with Gasteiger partial charge in [0.2, 0.25) is 5.89 Å². The van der Waals surface area contributed by atoms with Gasteiger partial charge in [0.05, 0.1) is 18.1 Å². The summed E-state index contributed by atoms with van der Waals surface area (Å²) in [6.07, 6.45) is 4.70. The third-order valence-electron chi connectivity index (χ3n) is 4.47. The molecular formula is C21H15N5O2. The Hall–Kier alpha value is -4.00. The van der Waals surface area contributed by atoms with Gasteiger partial charge in [0, 0.05) is 5.56 Å². The summed E-state index contributed by atoms with van der Waals surface area (Å²) >= 11 is 0. The van der Waals surface area contributed by atoms with E-state index in [0.29, 0.717) is 22.7 Å². The van der Waals surface area contributed by atoms with E-state index >= 15 is 0 Å². The third-order valence-corrected chi connectivity index (χ3v) is 4.47. The molecule has 0 aliphatic rings. The molecule has 0 aliphatic carbocycles. The summed E-state index contributed by atoms with van der Waals surface area (Å²) in [5.41, 5.74) is 2.12. The Balaban J connectivity index is 1.49. The summed E-state index contributed by atoms with van der Waals surface area (Å²) in [7, 11) is 0. The first kappa shape index (κ1) is 16.2. The summed E-state index contributed by atoms with van der Waals surface area (Å²) < 4.78 is 8.92. The number of rotatable bonds is 4. The van der Waals surface area contributed by atoms with Crippen LogP contribution in [0.2, 0.25) is 0 Å². The van der Waals surface area contributed by atoms with Gasteiger partial charge in [0.1, 0.15) is 18.3 Å². The van der Waals surface area contributed by atoms with Crippen LogP contribution in [-0.4, -0.2) is 24.3 Å². The number of fused-ring (bicyclic) bond motifs is 1. The number of nitrogens with zero attached hydrogens (tertiary/aromatic N) is 5. The molecule has 0 atom stereocenters. The topological polar surface area (TPSA) is 78.7 Å². The van der Waals surface area contributed by atoms with Crippen LogP contribution < -0.4 is 5.56 Å². The van der Waals surface area contributed by atoms with E-state index in [1.807, 2.05) is 60.7 Å². The van der Waals surface area contributed by atoms with E-state index in [9.17, 15) is 4.79 Å². The summed E-state index contributed by atoms with van der Waals surface area (Å²) in [6, 6.07) is 19.3. The second-order valence-corrected chi connectivity index (χ2v) is 6.29. The molecule has 3 aromatic heterocycles. The molecule has 0 saturated carbocycles. The molecule has 0 N–H and O–H groups in total. The van der Waals surface area contributed by atoms with Gasteiger partial charge in [-0.2, -0.15) is 5.10 Å². The van der Waals surface area contributed by atoms with Crippen LogP contribution in [0, 0.1) is 0 Å². The Morgan fingerprint density at radius 2 is 1.64 bits per heavy atom. The smallest absolute Gasteiger partial charge is 0.264 e. The number of oxazole rings is 1. The maximum atomic E-state index is 12.9. The Morgan fingerprint density at radius 1 is 0.893 bits per heavy atom. The Bertz CT molecular complexity index is 1300. The highest BCUT2D eigenvalue weighted by atomic mass is 16.4. The highest BCUT2D eigenvalue weighted by Gasteiger charge is 2.13. The summed E-state index contributed by atoms with van der Waals surface area (Å²) in [6.45, 7) is 0.200. The number of hydrogen-bond donors (Lipinski definition) is 0. The van der Waals surface area contributed by atoms with Gasteiger partial charge in [0.25, 0.3) is 5.56 Å². The van der Waals surface area contributed by atoms with Crippen molar-refractivity contribution in [2.45, 2.75) is 6.54 Å². The molecule has 3 heterocycles. The van der Waals surface area contributed by atoms with Gasteiger partial charge < -0.3 is 4.42 Å². The second-order valence-electron chi connectivity index (χ2n) is 6.29. The Morgan fingerprint density at radius 3 is 2.43 bits per heavy atom. The lowest BCUT2D eigenvalue weighted by Gasteiger charge is -2.04. The van der Waals surface area contributed by atoms with Crippen LogP contribution in [0.15, 0.2) is 88.6 Å². The van der Waals surface area contributed by atoms with Gasteiger partial charge in [0.15, 0.2) is 11.4 Å². The van der Waals surface area contributed by atoms with Crippen LogP contribution in [0.5, 0.6) is 0 Å². The highest BCUT2D eigenvalue weighted by molar-refractivity contribution is 5.74. The lowest BCUT2D eigenvalue weighted by atomic mass is 10.2. The number of benzene rings is 2. The first-order valence-electron chi connectivity index (χ1n) is 8.78. The molecule has 0 spiro atoms. The van der Waals surface area contributed by atoms with Crippen molar-refractivity contribution in [3.63, 3.8) is 0 Å². The van der Waals surface area contributed by atoms with Crippen LogP contribution in [0.4, 0.5) is 0 Å². The minimum absolute atomic E-state index is 0.188. The SMILES string of the molecule is O=c1c2cnn(-c3ccccc3)c2ncn1Cc1ncc(-c2ccccc2)o1. The average molecular weight is 369 g/mol. The van der Waals surface area contributed by atoms with E-state index in [2.05, 4.69) is 15.1 Å².